The van der Waals surface area contributed by atoms with Crippen molar-refractivity contribution in [2.24, 2.45) is 0 Å². The Balaban J connectivity index is 2.24. The number of rotatable bonds is 8. The summed E-state index contributed by atoms with van der Waals surface area (Å²) in [7, 11) is 2.36. The number of para-hydroxylation sites is 1. The van der Waals surface area contributed by atoms with Crippen molar-refractivity contribution in [1.82, 2.24) is 9.88 Å². The summed E-state index contributed by atoms with van der Waals surface area (Å²) in [6.45, 7) is 0.235. The van der Waals surface area contributed by atoms with E-state index in [9.17, 15) is 19.2 Å². The van der Waals surface area contributed by atoms with Gasteiger partial charge in [0, 0.05) is 23.5 Å². The SMILES string of the molecule is C#CCn1cc(C(=O)C(=O)N[C@@H](CCC(=O)OC)C(=O)OC)c2ccccc21. The highest BCUT2D eigenvalue weighted by molar-refractivity contribution is 6.45. The number of aromatic nitrogens is 1. The van der Waals surface area contributed by atoms with Crippen molar-refractivity contribution < 1.29 is 28.7 Å². The second-order valence-corrected chi connectivity index (χ2v) is 5.89. The van der Waals surface area contributed by atoms with E-state index in [-0.39, 0.29) is 24.9 Å². The number of carbonyl (C=O) groups excluding carboxylic acids is 4. The van der Waals surface area contributed by atoms with Gasteiger partial charge in [0.05, 0.1) is 26.3 Å². The number of esters is 2. The molecule has 1 amide bonds. The molecule has 1 aromatic carbocycles. The van der Waals surface area contributed by atoms with Crippen molar-refractivity contribution in [3.05, 3.63) is 36.0 Å². The summed E-state index contributed by atoms with van der Waals surface area (Å²) in [5.41, 5.74) is 0.881. The van der Waals surface area contributed by atoms with E-state index in [1.165, 1.54) is 13.3 Å². The Labute approximate surface area is 161 Å². The summed E-state index contributed by atoms with van der Waals surface area (Å²) < 4.78 is 10.8. The second-order valence-electron chi connectivity index (χ2n) is 5.89. The molecule has 0 aliphatic carbocycles. The molecule has 0 radical (unpaired) electrons. The third kappa shape index (κ3) is 4.57. The average molecular weight is 384 g/mol. The third-order valence-electron chi connectivity index (χ3n) is 4.16. The summed E-state index contributed by atoms with van der Waals surface area (Å²) in [6.07, 6.45) is 6.69. The van der Waals surface area contributed by atoms with Crippen molar-refractivity contribution >= 4 is 34.5 Å². The Morgan fingerprint density at radius 3 is 2.54 bits per heavy atom. The third-order valence-corrected chi connectivity index (χ3v) is 4.16. The van der Waals surface area contributed by atoms with Gasteiger partial charge in [-0.25, -0.2) is 4.79 Å². The Morgan fingerprint density at radius 2 is 1.89 bits per heavy atom. The number of hydrogen-bond acceptors (Lipinski definition) is 6. The number of ketones is 1. The molecule has 8 heteroatoms. The molecule has 1 atom stereocenters. The van der Waals surface area contributed by atoms with Crippen molar-refractivity contribution in [2.75, 3.05) is 14.2 Å². The molecule has 8 nitrogen and oxygen atoms in total. The lowest BCUT2D eigenvalue weighted by atomic mass is 10.1. The van der Waals surface area contributed by atoms with Crippen LogP contribution in [0, 0.1) is 12.3 Å². The first-order chi connectivity index (χ1) is 13.4. The second kappa shape index (κ2) is 9.37. The zero-order valence-electron chi connectivity index (χ0n) is 15.6. The van der Waals surface area contributed by atoms with Crippen LogP contribution in [0.4, 0.5) is 0 Å². The van der Waals surface area contributed by atoms with Gasteiger partial charge in [0.1, 0.15) is 6.04 Å². The number of fused-ring (bicyclic) bond motifs is 1. The lowest BCUT2D eigenvalue weighted by Crippen LogP contribution is -2.44. The number of methoxy groups -OCH3 is 2. The smallest absolute Gasteiger partial charge is 0.328 e. The normalized spacial score (nSPS) is 11.3. The molecule has 0 saturated carbocycles. The Morgan fingerprint density at radius 1 is 1.18 bits per heavy atom. The van der Waals surface area contributed by atoms with Gasteiger partial charge >= 0.3 is 11.9 Å². The van der Waals surface area contributed by atoms with Crippen LogP contribution in [-0.4, -0.2) is 48.5 Å². The van der Waals surface area contributed by atoms with Crippen LogP contribution in [0.3, 0.4) is 0 Å². The largest absolute Gasteiger partial charge is 0.469 e. The summed E-state index contributed by atoms with van der Waals surface area (Å²) >= 11 is 0. The van der Waals surface area contributed by atoms with Crippen molar-refractivity contribution in [3.63, 3.8) is 0 Å². The highest BCUT2D eigenvalue weighted by Gasteiger charge is 2.28. The lowest BCUT2D eigenvalue weighted by molar-refractivity contribution is -0.146. The van der Waals surface area contributed by atoms with Crippen LogP contribution in [0.1, 0.15) is 23.2 Å². The van der Waals surface area contributed by atoms with E-state index in [1.54, 1.807) is 28.8 Å². The minimum Gasteiger partial charge on any atom is -0.469 e. The Kier molecular flexibility index (Phi) is 6.93. The molecular formula is C20H20N2O6. The molecule has 1 N–H and O–H groups in total. The first kappa shape index (κ1) is 20.7. The number of nitrogens with zero attached hydrogens (tertiary/aromatic N) is 1. The predicted octanol–water partition coefficient (Wildman–Crippen LogP) is 1.07. The molecule has 0 bridgehead atoms. The molecule has 0 saturated heterocycles. The number of carbonyl (C=O) groups is 4. The molecule has 28 heavy (non-hydrogen) atoms. The fourth-order valence-electron chi connectivity index (χ4n) is 2.76. The summed E-state index contributed by atoms with van der Waals surface area (Å²) in [4.78, 5) is 48.3. The minimum absolute atomic E-state index is 0.0583. The van der Waals surface area contributed by atoms with Gasteiger partial charge in [0.2, 0.25) is 0 Å². The summed E-state index contributed by atoms with van der Waals surface area (Å²) in [5, 5.41) is 2.90. The highest BCUT2D eigenvalue weighted by Crippen LogP contribution is 2.22. The van der Waals surface area contributed by atoms with Gasteiger partial charge in [-0.2, -0.15) is 0 Å². The van der Waals surface area contributed by atoms with Crippen molar-refractivity contribution in [2.45, 2.75) is 25.4 Å². The summed E-state index contributed by atoms with van der Waals surface area (Å²) in [6, 6.07) is 5.88. The van der Waals surface area contributed by atoms with Crippen molar-refractivity contribution in [3.8, 4) is 12.3 Å². The number of hydrogen-bond donors (Lipinski definition) is 1. The Bertz CT molecular complexity index is 953. The fraction of sp³-hybridized carbons (Fsp3) is 0.300. The van der Waals surface area contributed by atoms with Gasteiger partial charge in [-0.3, -0.25) is 14.4 Å². The van der Waals surface area contributed by atoms with Gasteiger partial charge in [0.15, 0.2) is 0 Å². The van der Waals surface area contributed by atoms with Crippen LogP contribution in [0.5, 0.6) is 0 Å². The average Bonchev–Trinajstić information content (AvgIpc) is 3.08. The molecule has 0 aliphatic heterocycles. The quantitative estimate of drug-likeness (QED) is 0.316. The maximum atomic E-state index is 12.7. The number of nitrogens with one attached hydrogen (secondary N) is 1. The van der Waals surface area contributed by atoms with Crippen LogP contribution in [0.25, 0.3) is 10.9 Å². The molecular weight excluding hydrogens is 364 g/mol. The van der Waals surface area contributed by atoms with Crippen LogP contribution in [-0.2, 0) is 30.4 Å². The molecule has 2 aromatic rings. The van der Waals surface area contributed by atoms with Gasteiger partial charge in [-0.05, 0) is 12.5 Å². The number of ether oxygens (including phenoxy) is 2. The number of amides is 1. The lowest BCUT2D eigenvalue weighted by Gasteiger charge is -2.15. The zero-order chi connectivity index (χ0) is 20.7. The van der Waals surface area contributed by atoms with Gasteiger partial charge < -0.3 is 19.4 Å². The molecule has 0 aliphatic rings. The molecule has 0 spiro atoms. The fourth-order valence-corrected chi connectivity index (χ4v) is 2.76. The maximum Gasteiger partial charge on any atom is 0.328 e. The van der Waals surface area contributed by atoms with E-state index < -0.39 is 29.7 Å². The standard InChI is InChI=1S/C20H20N2O6/c1-4-11-22-12-14(13-7-5-6-8-16(13)22)18(24)19(25)21-15(20(26)28-3)9-10-17(23)27-2/h1,5-8,12,15H,9-11H2,2-3H3,(H,21,25)/t15-/m0/s1. The molecule has 0 unspecified atom stereocenters. The van der Waals surface area contributed by atoms with E-state index in [0.717, 1.165) is 7.11 Å². The van der Waals surface area contributed by atoms with Crippen LogP contribution in [0.15, 0.2) is 30.5 Å². The topological polar surface area (TPSA) is 104 Å². The molecule has 2 rings (SSSR count). The summed E-state index contributed by atoms with van der Waals surface area (Å²) in [5.74, 6) is -0.625. The van der Waals surface area contributed by atoms with E-state index in [2.05, 4.69) is 20.7 Å². The molecule has 1 heterocycles. The van der Waals surface area contributed by atoms with Crippen LogP contribution < -0.4 is 5.32 Å². The van der Waals surface area contributed by atoms with E-state index >= 15 is 0 Å². The molecule has 0 fully saturated rings. The van der Waals surface area contributed by atoms with E-state index in [0.29, 0.717) is 10.9 Å². The first-order valence-electron chi connectivity index (χ1n) is 8.44. The van der Waals surface area contributed by atoms with Crippen LogP contribution in [0.2, 0.25) is 0 Å². The van der Waals surface area contributed by atoms with E-state index in [4.69, 9.17) is 6.42 Å². The van der Waals surface area contributed by atoms with Crippen LogP contribution >= 0.6 is 0 Å². The molecule has 1 aromatic heterocycles. The van der Waals surface area contributed by atoms with Gasteiger partial charge in [0.25, 0.3) is 11.7 Å². The Hall–Kier alpha value is -3.60. The van der Waals surface area contributed by atoms with Crippen molar-refractivity contribution in [1.29, 1.82) is 0 Å². The number of benzene rings is 1. The monoisotopic (exact) mass is 384 g/mol. The van der Waals surface area contributed by atoms with Gasteiger partial charge in [-0.15, -0.1) is 6.42 Å². The molecule has 146 valence electrons. The highest BCUT2D eigenvalue weighted by atomic mass is 16.5. The number of terminal acetylenes is 1. The zero-order valence-corrected chi connectivity index (χ0v) is 15.6. The predicted molar refractivity (Wildman–Crippen MR) is 100 cm³/mol. The minimum atomic E-state index is -1.15. The van der Waals surface area contributed by atoms with Gasteiger partial charge in [-0.1, -0.05) is 24.1 Å². The van der Waals surface area contributed by atoms with E-state index in [1.807, 2.05) is 0 Å². The first-order valence-corrected chi connectivity index (χ1v) is 8.44. The number of Topliss-reactive ketones (excluding diaryl/α,β-unsaturated/α-hetero) is 1. The maximum absolute atomic E-state index is 12.7.